The molecule has 4 aromatic rings. The molecule has 0 radical (unpaired) electrons. The van der Waals surface area contributed by atoms with Crippen LogP contribution in [-0.4, -0.2) is 22.6 Å². The van der Waals surface area contributed by atoms with Gasteiger partial charge in [0.15, 0.2) is 0 Å². The molecule has 0 unspecified atom stereocenters. The molecule has 31 heavy (non-hydrogen) atoms. The predicted octanol–water partition coefficient (Wildman–Crippen LogP) is 5.55. The Bertz CT molecular complexity index is 1240. The van der Waals surface area contributed by atoms with Gasteiger partial charge in [0, 0.05) is 11.0 Å². The van der Waals surface area contributed by atoms with Gasteiger partial charge in [-0.25, -0.2) is 14.2 Å². The number of esters is 1. The van der Waals surface area contributed by atoms with Crippen molar-refractivity contribution in [3.05, 3.63) is 94.0 Å². The highest BCUT2D eigenvalue weighted by Crippen LogP contribution is 2.23. The number of rotatable bonds is 7. The standard InChI is InChI=1S/C24H20BrFN2O3/c1-30-24(29)18-6-2-5-9-22(18)31-15-23-27-20-7-3-4-8-21(20)28(23)13-12-16-10-11-17(25)14-19(16)26/h2-11,14H,12-13,15H2,1H3. The van der Waals surface area contributed by atoms with E-state index < -0.39 is 5.97 Å². The third kappa shape index (κ3) is 4.61. The van der Waals surface area contributed by atoms with E-state index >= 15 is 0 Å². The number of imidazole rings is 1. The van der Waals surface area contributed by atoms with Gasteiger partial charge in [0.2, 0.25) is 0 Å². The number of halogens is 2. The quantitative estimate of drug-likeness (QED) is 0.324. The maximum atomic E-state index is 14.3. The molecule has 4 rings (SSSR count). The monoisotopic (exact) mass is 482 g/mol. The summed E-state index contributed by atoms with van der Waals surface area (Å²) in [5.41, 5.74) is 2.76. The van der Waals surface area contributed by atoms with Crippen molar-refractivity contribution in [2.45, 2.75) is 19.6 Å². The van der Waals surface area contributed by atoms with Crippen LogP contribution in [0, 0.1) is 5.82 Å². The number of benzene rings is 3. The Hall–Kier alpha value is -3.19. The van der Waals surface area contributed by atoms with Gasteiger partial charge in [-0.05, 0) is 48.4 Å². The van der Waals surface area contributed by atoms with E-state index in [1.54, 1.807) is 30.3 Å². The van der Waals surface area contributed by atoms with Crippen LogP contribution in [0.5, 0.6) is 5.75 Å². The van der Waals surface area contributed by atoms with E-state index in [4.69, 9.17) is 14.5 Å². The Balaban J connectivity index is 1.60. The van der Waals surface area contributed by atoms with E-state index in [1.807, 2.05) is 34.9 Å². The van der Waals surface area contributed by atoms with Gasteiger partial charge in [-0.15, -0.1) is 0 Å². The summed E-state index contributed by atoms with van der Waals surface area (Å²) in [6.07, 6.45) is 0.505. The Kier molecular flexibility index (Phi) is 6.32. The molecule has 0 aliphatic heterocycles. The second-order valence-corrected chi connectivity index (χ2v) is 7.85. The zero-order valence-corrected chi connectivity index (χ0v) is 18.4. The number of methoxy groups -OCH3 is 1. The Morgan fingerprint density at radius 3 is 2.68 bits per heavy atom. The molecule has 0 amide bonds. The fourth-order valence-corrected chi connectivity index (χ4v) is 3.79. The zero-order chi connectivity index (χ0) is 21.8. The molecule has 0 atom stereocenters. The molecule has 0 saturated heterocycles. The summed E-state index contributed by atoms with van der Waals surface area (Å²) in [6, 6.07) is 19.8. The molecule has 158 valence electrons. The minimum atomic E-state index is -0.463. The molecule has 0 aliphatic carbocycles. The van der Waals surface area contributed by atoms with Crippen LogP contribution in [0.2, 0.25) is 0 Å². The molecule has 0 spiro atoms. The van der Waals surface area contributed by atoms with E-state index in [0.29, 0.717) is 40.1 Å². The van der Waals surface area contributed by atoms with E-state index in [-0.39, 0.29) is 12.4 Å². The first-order valence-electron chi connectivity index (χ1n) is 9.75. The minimum absolute atomic E-state index is 0.158. The molecule has 0 saturated carbocycles. The zero-order valence-electron chi connectivity index (χ0n) is 16.8. The molecule has 7 heteroatoms. The largest absolute Gasteiger partial charge is 0.485 e. The topological polar surface area (TPSA) is 53.4 Å². The molecule has 0 bridgehead atoms. The molecular formula is C24H20BrFN2O3. The van der Waals surface area contributed by atoms with Crippen molar-refractivity contribution in [2.75, 3.05) is 7.11 Å². The van der Waals surface area contributed by atoms with Crippen LogP contribution in [0.4, 0.5) is 4.39 Å². The average Bonchev–Trinajstić information content (AvgIpc) is 3.14. The Labute approximate surface area is 187 Å². The molecule has 1 aromatic heterocycles. The molecule has 0 N–H and O–H groups in total. The number of aryl methyl sites for hydroxylation is 2. The summed E-state index contributed by atoms with van der Waals surface area (Å²) in [6.45, 7) is 0.696. The number of carbonyl (C=O) groups is 1. The van der Waals surface area contributed by atoms with Gasteiger partial charge in [-0.1, -0.05) is 46.3 Å². The highest BCUT2D eigenvalue weighted by Gasteiger charge is 2.16. The second kappa shape index (κ2) is 9.31. The number of para-hydroxylation sites is 3. The van der Waals surface area contributed by atoms with E-state index in [1.165, 1.54) is 13.2 Å². The van der Waals surface area contributed by atoms with Crippen molar-refractivity contribution in [2.24, 2.45) is 0 Å². The lowest BCUT2D eigenvalue weighted by Crippen LogP contribution is -2.11. The third-order valence-electron chi connectivity index (χ3n) is 5.00. The first-order valence-corrected chi connectivity index (χ1v) is 10.5. The summed E-state index contributed by atoms with van der Waals surface area (Å²) >= 11 is 3.29. The smallest absolute Gasteiger partial charge is 0.341 e. The van der Waals surface area contributed by atoms with Crippen LogP contribution < -0.4 is 4.74 Å². The molecular weight excluding hydrogens is 463 g/mol. The number of fused-ring (bicyclic) bond motifs is 1. The van der Waals surface area contributed by atoms with Crippen molar-refractivity contribution in [1.82, 2.24) is 9.55 Å². The van der Waals surface area contributed by atoms with Gasteiger partial charge in [0.05, 0.1) is 18.1 Å². The minimum Gasteiger partial charge on any atom is -0.485 e. The summed E-state index contributed by atoms with van der Waals surface area (Å²) in [4.78, 5) is 16.7. The normalized spacial score (nSPS) is 10.9. The van der Waals surface area contributed by atoms with Gasteiger partial charge in [0.1, 0.15) is 29.6 Å². The van der Waals surface area contributed by atoms with Crippen LogP contribution >= 0.6 is 15.9 Å². The number of aromatic nitrogens is 2. The number of nitrogens with zero attached hydrogens (tertiary/aromatic N) is 2. The van der Waals surface area contributed by atoms with Crippen molar-refractivity contribution >= 4 is 32.9 Å². The van der Waals surface area contributed by atoms with Gasteiger partial charge < -0.3 is 14.0 Å². The van der Waals surface area contributed by atoms with E-state index in [2.05, 4.69) is 15.9 Å². The van der Waals surface area contributed by atoms with Crippen LogP contribution in [-0.2, 0) is 24.3 Å². The van der Waals surface area contributed by atoms with Gasteiger partial charge in [0.25, 0.3) is 0 Å². The van der Waals surface area contributed by atoms with Crippen molar-refractivity contribution in [1.29, 1.82) is 0 Å². The van der Waals surface area contributed by atoms with Gasteiger partial charge >= 0.3 is 5.97 Å². The predicted molar refractivity (Wildman–Crippen MR) is 120 cm³/mol. The molecule has 0 aliphatic rings. The van der Waals surface area contributed by atoms with Crippen molar-refractivity contribution < 1.29 is 18.7 Å². The lowest BCUT2D eigenvalue weighted by Gasteiger charge is -2.13. The Morgan fingerprint density at radius 2 is 1.87 bits per heavy atom. The van der Waals surface area contributed by atoms with Gasteiger partial charge in [-0.3, -0.25) is 0 Å². The number of hydrogen-bond acceptors (Lipinski definition) is 4. The fourth-order valence-electron chi connectivity index (χ4n) is 3.46. The van der Waals surface area contributed by atoms with E-state index in [9.17, 15) is 9.18 Å². The molecule has 0 fully saturated rings. The number of carbonyl (C=O) groups excluding carboxylic acids is 1. The van der Waals surface area contributed by atoms with Crippen LogP contribution in [0.25, 0.3) is 11.0 Å². The maximum absolute atomic E-state index is 14.3. The van der Waals surface area contributed by atoms with E-state index in [0.717, 1.165) is 11.0 Å². The summed E-state index contributed by atoms with van der Waals surface area (Å²) < 4.78 is 27.8. The average molecular weight is 483 g/mol. The van der Waals surface area contributed by atoms with Crippen LogP contribution in [0.1, 0.15) is 21.7 Å². The summed E-state index contributed by atoms with van der Waals surface area (Å²) in [5.74, 6) is 0.406. The highest BCUT2D eigenvalue weighted by atomic mass is 79.9. The first-order chi connectivity index (χ1) is 15.1. The molecule has 3 aromatic carbocycles. The summed E-state index contributed by atoms with van der Waals surface area (Å²) in [7, 11) is 1.33. The molecule has 1 heterocycles. The van der Waals surface area contributed by atoms with Crippen molar-refractivity contribution in [3.63, 3.8) is 0 Å². The van der Waals surface area contributed by atoms with Crippen LogP contribution in [0.15, 0.2) is 71.2 Å². The number of hydrogen-bond donors (Lipinski definition) is 0. The SMILES string of the molecule is COC(=O)c1ccccc1OCc1nc2ccccc2n1CCc1ccc(Br)cc1F. The third-order valence-corrected chi connectivity index (χ3v) is 5.50. The summed E-state index contributed by atoms with van der Waals surface area (Å²) in [5, 5.41) is 0. The number of ether oxygens (including phenoxy) is 2. The van der Waals surface area contributed by atoms with Crippen LogP contribution in [0.3, 0.4) is 0 Å². The Morgan fingerprint density at radius 1 is 1.10 bits per heavy atom. The first kappa shape index (κ1) is 21.1. The maximum Gasteiger partial charge on any atom is 0.341 e. The second-order valence-electron chi connectivity index (χ2n) is 6.93. The fraction of sp³-hybridized carbons (Fsp3) is 0.167. The molecule has 5 nitrogen and oxygen atoms in total. The lowest BCUT2D eigenvalue weighted by molar-refractivity contribution is 0.0595. The lowest BCUT2D eigenvalue weighted by atomic mass is 10.1. The van der Waals surface area contributed by atoms with Crippen molar-refractivity contribution in [3.8, 4) is 5.75 Å². The van der Waals surface area contributed by atoms with Gasteiger partial charge in [-0.2, -0.15) is 0 Å². The highest BCUT2D eigenvalue weighted by molar-refractivity contribution is 9.10.